The molecule has 0 saturated heterocycles. The molecule has 1 aliphatic carbocycles. The molecular formula is C16H21BrN2O2. The zero-order valence-electron chi connectivity index (χ0n) is 12.2. The van der Waals surface area contributed by atoms with E-state index in [0.717, 1.165) is 18.4 Å². The van der Waals surface area contributed by atoms with Crippen molar-refractivity contribution < 1.29 is 9.84 Å². The molecular weight excluding hydrogens is 332 g/mol. The Labute approximate surface area is 134 Å². The summed E-state index contributed by atoms with van der Waals surface area (Å²) in [5.41, 5.74) is 0.809. The molecule has 114 valence electrons. The van der Waals surface area contributed by atoms with E-state index in [1.807, 2.05) is 0 Å². The van der Waals surface area contributed by atoms with E-state index < -0.39 is 0 Å². The summed E-state index contributed by atoms with van der Waals surface area (Å²) in [5, 5.41) is 22.8. The van der Waals surface area contributed by atoms with Crippen molar-refractivity contribution in [3.8, 4) is 17.6 Å². The maximum absolute atomic E-state index is 9.86. The highest BCUT2D eigenvalue weighted by Crippen LogP contribution is 2.37. The molecule has 1 aromatic carbocycles. The van der Waals surface area contributed by atoms with E-state index in [1.165, 1.54) is 32.8 Å². The van der Waals surface area contributed by atoms with Gasteiger partial charge in [0.1, 0.15) is 6.04 Å². The minimum atomic E-state index is -0.390. The van der Waals surface area contributed by atoms with Crippen LogP contribution in [0.2, 0.25) is 0 Å². The van der Waals surface area contributed by atoms with Crippen LogP contribution in [0.5, 0.6) is 11.5 Å². The van der Waals surface area contributed by atoms with E-state index in [9.17, 15) is 10.4 Å². The molecule has 1 unspecified atom stereocenters. The number of benzene rings is 1. The highest BCUT2D eigenvalue weighted by molar-refractivity contribution is 9.10. The molecule has 0 bridgehead atoms. The molecule has 2 rings (SSSR count). The number of hydrogen-bond acceptors (Lipinski definition) is 4. The molecule has 0 heterocycles. The Bertz CT molecular complexity index is 520. The third-order valence-electron chi connectivity index (χ3n) is 3.99. The van der Waals surface area contributed by atoms with Gasteiger partial charge in [-0.1, -0.05) is 25.7 Å². The number of halogens is 1. The number of hydrogen-bond donors (Lipinski definition) is 2. The summed E-state index contributed by atoms with van der Waals surface area (Å²) in [6, 6.07) is 5.80. The second-order valence-corrected chi connectivity index (χ2v) is 6.33. The zero-order valence-corrected chi connectivity index (χ0v) is 13.8. The zero-order chi connectivity index (χ0) is 15.2. The van der Waals surface area contributed by atoms with Crippen molar-refractivity contribution in [2.24, 2.45) is 0 Å². The maximum Gasteiger partial charge on any atom is 0.172 e. The first-order valence-electron chi connectivity index (χ1n) is 7.37. The molecule has 21 heavy (non-hydrogen) atoms. The van der Waals surface area contributed by atoms with Crippen LogP contribution in [0.25, 0.3) is 0 Å². The van der Waals surface area contributed by atoms with Crippen LogP contribution < -0.4 is 10.1 Å². The Kier molecular flexibility index (Phi) is 5.89. The fourth-order valence-corrected chi connectivity index (χ4v) is 3.27. The van der Waals surface area contributed by atoms with Crippen LogP contribution >= 0.6 is 15.9 Å². The topological polar surface area (TPSA) is 65.3 Å². The molecule has 0 aliphatic heterocycles. The average molecular weight is 353 g/mol. The van der Waals surface area contributed by atoms with E-state index in [1.54, 1.807) is 12.1 Å². The summed E-state index contributed by atoms with van der Waals surface area (Å²) in [4.78, 5) is 0. The second kappa shape index (κ2) is 7.67. The predicted molar refractivity (Wildman–Crippen MR) is 85.3 cm³/mol. The standard InChI is InChI=1S/C16H21BrN2O2/c1-21-15-9-11(8-13(17)16(15)20)14(10-18)19-12-6-4-2-3-5-7-12/h8-9,12,14,19-20H,2-7H2,1H3. The Hall–Kier alpha value is -1.25. The van der Waals surface area contributed by atoms with E-state index in [0.29, 0.717) is 16.3 Å². The van der Waals surface area contributed by atoms with Crippen molar-refractivity contribution in [2.45, 2.75) is 50.6 Å². The van der Waals surface area contributed by atoms with Crippen molar-refractivity contribution in [2.75, 3.05) is 7.11 Å². The molecule has 5 heteroatoms. The maximum atomic E-state index is 9.86. The minimum absolute atomic E-state index is 0.0624. The number of phenolic OH excluding ortho intramolecular Hbond substituents is 1. The summed E-state index contributed by atoms with van der Waals surface area (Å²) in [6.45, 7) is 0. The Morgan fingerprint density at radius 2 is 2.00 bits per heavy atom. The first-order valence-corrected chi connectivity index (χ1v) is 8.17. The highest BCUT2D eigenvalue weighted by atomic mass is 79.9. The van der Waals surface area contributed by atoms with Gasteiger partial charge in [0.05, 0.1) is 17.7 Å². The molecule has 0 spiro atoms. The Morgan fingerprint density at radius 1 is 1.33 bits per heavy atom. The fourth-order valence-electron chi connectivity index (χ4n) is 2.81. The van der Waals surface area contributed by atoms with E-state index in [2.05, 4.69) is 27.3 Å². The Balaban J connectivity index is 2.17. The van der Waals surface area contributed by atoms with Crippen LogP contribution in [0.1, 0.15) is 50.1 Å². The lowest BCUT2D eigenvalue weighted by Crippen LogP contribution is -2.31. The van der Waals surface area contributed by atoms with E-state index >= 15 is 0 Å². The molecule has 0 amide bonds. The monoisotopic (exact) mass is 352 g/mol. The van der Waals surface area contributed by atoms with Crippen LogP contribution in [0, 0.1) is 11.3 Å². The van der Waals surface area contributed by atoms with Gasteiger partial charge in [-0.2, -0.15) is 5.26 Å². The second-order valence-electron chi connectivity index (χ2n) is 5.47. The van der Waals surface area contributed by atoms with Gasteiger partial charge in [0.25, 0.3) is 0 Å². The van der Waals surface area contributed by atoms with Gasteiger partial charge < -0.3 is 9.84 Å². The predicted octanol–water partition coefficient (Wildman–Crippen LogP) is 4.04. The molecule has 1 aliphatic rings. The van der Waals surface area contributed by atoms with Crippen molar-refractivity contribution in [3.05, 3.63) is 22.2 Å². The molecule has 4 nitrogen and oxygen atoms in total. The van der Waals surface area contributed by atoms with Crippen LogP contribution in [-0.2, 0) is 0 Å². The van der Waals surface area contributed by atoms with Gasteiger partial charge in [0.15, 0.2) is 11.5 Å². The lowest BCUT2D eigenvalue weighted by Gasteiger charge is -2.21. The number of aromatic hydroxyl groups is 1. The van der Waals surface area contributed by atoms with E-state index in [4.69, 9.17) is 4.74 Å². The smallest absolute Gasteiger partial charge is 0.172 e. The summed E-state index contributed by atoms with van der Waals surface area (Å²) in [6.07, 6.45) is 7.25. The summed E-state index contributed by atoms with van der Waals surface area (Å²) >= 11 is 3.31. The normalized spacial score (nSPS) is 17.8. The third kappa shape index (κ3) is 4.12. The lowest BCUT2D eigenvalue weighted by atomic mass is 10.0. The number of nitrogens with zero attached hydrogens (tertiary/aromatic N) is 1. The summed E-state index contributed by atoms with van der Waals surface area (Å²) in [5.74, 6) is 0.440. The van der Waals surface area contributed by atoms with Gasteiger partial charge >= 0.3 is 0 Å². The number of rotatable bonds is 4. The molecule has 1 fully saturated rings. The Morgan fingerprint density at radius 3 is 2.57 bits per heavy atom. The van der Waals surface area contributed by atoms with Gasteiger partial charge in [-0.15, -0.1) is 0 Å². The molecule has 0 radical (unpaired) electrons. The molecule has 2 N–H and O–H groups in total. The average Bonchev–Trinajstić information content (AvgIpc) is 2.76. The van der Waals surface area contributed by atoms with Gasteiger partial charge in [0, 0.05) is 6.04 Å². The van der Waals surface area contributed by atoms with Crippen LogP contribution in [0.3, 0.4) is 0 Å². The van der Waals surface area contributed by atoms with Crippen molar-refractivity contribution in [1.29, 1.82) is 5.26 Å². The fraction of sp³-hybridized carbons (Fsp3) is 0.562. The minimum Gasteiger partial charge on any atom is -0.503 e. The molecule has 1 atom stereocenters. The summed E-state index contributed by atoms with van der Waals surface area (Å²) < 4.78 is 5.70. The van der Waals surface area contributed by atoms with Crippen LogP contribution in [-0.4, -0.2) is 18.3 Å². The number of ether oxygens (including phenoxy) is 1. The highest BCUT2D eigenvalue weighted by Gasteiger charge is 2.20. The first-order chi connectivity index (χ1) is 10.2. The van der Waals surface area contributed by atoms with Crippen LogP contribution in [0.4, 0.5) is 0 Å². The van der Waals surface area contributed by atoms with Gasteiger partial charge in [-0.05, 0) is 46.5 Å². The van der Waals surface area contributed by atoms with E-state index in [-0.39, 0.29) is 11.8 Å². The van der Waals surface area contributed by atoms with Crippen LogP contribution in [0.15, 0.2) is 16.6 Å². The SMILES string of the molecule is COc1cc(C(C#N)NC2CCCCCC2)cc(Br)c1O. The van der Waals surface area contributed by atoms with Gasteiger partial charge in [-0.3, -0.25) is 5.32 Å². The van der Waals surface area contributed by atoms with Crippen molar-refractivity contribution in [3.63, 3.8) is 0 Å². The van der Waals surface area contributed by atoms with Crippen molar-refractivity contribution >= 4 is 15.9 Å². The first kappa shape index (κ1) is 16.1. The number of nitrogens with one attached hydrogen (secondary N) is 1. The van der Waals surface area contributed by atoms with Crippen molar-refractivity contribution in [1.82, 2.24) is 5.32 Å². The quantitative estimate of drug-likeness (QED) is 0.802. The van der Waals surface area contributed by atoms with Gasteiger partial charge in [0.2, 0.25) is 0 Å². The number of phenols is 1. The van der Waals surface area contributed by atoms with Gasteiger partial charge in [-0.25, -0.2) is 0 Å². The summed E-state index contributed by atoms with van der Waals surface area (Å²) in [7, 11) is 1.51. The lowest BCUT2D eigenvalue weighted by molar-refractivity contribution is 0.370. The molecule has 0 aromatic heterocycles. The molecule has 1 aromatic rings. The number of methoxy groups -OCH3 is 1. The molecule has 1 saturated carbocycles. The third-order valence-corrected chi connectivity index (χ3v) is 4.60. The number of nitriles is 1. The largest absolute Gasteiger partial charge is 0.503 e.